The van der Waals surface area contributed by atoms with Crippen LogP contribution in [0.2, 0.25) is 0 Å². The Kier molecular flexibility index (Phi) is 9.14. The summed E-state index contributed by atoms with van der Waals surface area (Å²) in [5.74, 6) is -0.416. The molecule has 0 saturated carbocycles. The van der Waals surface area contributed by atoms with Crippen molar-refractivity contribution in [2.75, 3.05) is 26.2 Å². The van der Waals surface area contributed by atoms with Crippen LogP contribution in [-0.4, -0.2) is 37.0 Å². The van der Waals surface area contributed by atoms with Gasteiger partial charge in [0, 0.05) is 32.7 Å². The third-order valence-electron chi connectivity index (χ3n) is 6.35. The lowest BCUT2D eigenvalue weighted by Crippen LogP contribution is -2.60. The van der Waals surface area contributed by atoms with Crippen LogP contribution >= 0.6 is 24.8 Å². The van der Waals surface area contributed by atoms with Crippen molar-refractivity contribution in [2.45, 2.75) is 37.3 Å². The smallest absolute Gasteiger partial charge is 0.350 e. The second-order valence-corrected chi connectivity index (χ2v) is 8.35. The van der Waals surface area contributed by atoms with Gasteiger partial charge in [0.25, 0.3) is 0 Å². The Morgan fingerprint density at radius 2 is 1.51 bits per heavy atom. The van der Waals surface area contributed by atoms with Crippen LogP contribution < -0.4 is 10.6 Å². The third kappa shape index (κ3) is 5.87. The van der Waals surface area contributed by atoms with Crippen molar-refractivity contribution in [1.29, 1.82) is 0 Å². The van der Waals surface area contributed by atoms with Crippen molar-refractivity contribution >= 4 is 30.7 Å². The highest BCUT2D eigenvalue weighted by atomic mass is 35.5. The molecule has 194 valence electrons. The molecule has 0 bridgehead atoms. The van der Waals surface area contributed by atoms with Crippen molar-refractivity contribution in [3.05, 3.63) is 70.3 Å². The quantitative estimate of drug-likeness (QED) is 0.537. The molecule has 4 rings (SSSR count). The first-order valence-electron chi connectivity index (χ1n) is 10.6. The van der Waals surface area contributed by atoms with Gasteiger partial charge in [-0.2, -0.15) is 26.3 Å². The van der Waals surface area contributed by atoms with E-state index in [4.69, 9.17) is 0 Å². The molecule has 2 aromatic rings. The second-order valence-electron chi connectivity index (χ2n) is 8.35. The Hall–Kier alpha value is -2.01. The number of piperazine rings is 1. The Balaban J connectivity index is 0.00000216. The summed E-state index contributed by atoms with van der Waals surface area (Å²) in [6.45, 7) is 2.12. The summed E-state index contributed by atoms with van der Waals surface area (Å²) >= 11 is 0. The lowest BCUT2D eigenvalue weighted by Gasteiger charge is -2.43. The molecule has 2 aliphatic rings. The fourth-order valence-electron chi connectivity index (χ4n) is 4.80. The van der Waals surface area contributed by atoms with E-state index in [2.05, 4.69) is 15.5 Å². The molecular weight excluding hydrogens is 519 g/mol. The molecule has 1 amide bonds. The minimum atomic E-state index is -4.94. The monoisotopic (exact) mass is 543 g/mol. The summed E-state index contributed by atoms with van der Waals surface area (Å²) in [7, 11) is 0. The van der Waals surface area contributed by atoms with Crippen LogP contribution in [0.5, 0.6) is 0 Å². The predicted molar refractivity (Wildman–Crippen MR) is 124 cm³/mol. The van der Waals surface area contributed by atoms with Crippen LogP contribution in [0.25, 0.3) is 0 Å². The van der Waals surface area contributed by atoms with Crippen LogP contribution in [0.1, 0.15) is 34.2 Å². The minimum absolute atomic E-state index is 0. The number of aryl methyl sites for hydroxylation is 1. The Morgan fingerprint density at radius 3 is 2.09 bits per heavy atom. The predicted octanol–water partition coefficient (Wildman–Crippen LogP) is 4.93. The molecule has 0 aromatic heterocycles. The van der Waals surface area contributed by atoms with E-state index in [0.717, 1.165) is 11.1 Å². The van der Waals surface area contributed by atoms with Crippen molar-refractivity contribution in [2.24, 2.45) is 0 Å². The second kappa shape index (κ2) is 10.9. The zero-order valence-corrected chi connectivity index (χ0v) is 20.1. The lowest BCUT2D eigenvalue weighted by molar-refractivity contribution is -0.143. The van der Waals surface area contributed by atoms with Crippen molar-refractivity contribution < 1.29 is 31.1 Å². The number of hydrogen-bond donors (Lipinski definition) is 2. The number of fused-ring (bicyclic) bond motifs is 1. The van der Waals surface area contributed by atoms with Crippen LogP contribution in [-0.2, 0) is 35.7 Å². The Bertz CT molecular complexity index is 1010. The summed E-state index contributed by atoms with van der Waals surface area (Å²) in [6.07, 6.45) is -8.72. The number of rotatable bonds is 4. The molecule has 1 unspecified atom stereocenters. The molecule has 1 saturated heterocycles. The SMILES string of the molecule is Cl.Cl.O=C(NCc1cc(C(F)(F)F)cc(C(F)(F)F)c1)C1(N2CCNCC2)CCc2ccccc21. The largest absolute Gasteiger partial charge is 0.416 e. The summed E-state index contributed by atoms with van der Waals surface area (Å²) in [6, 6.07) is 8.90. The van der Waals surface area contributed by atoms with Gasteiger partial charge in [-0.05, 0) is 47.7 Å². The maximum absolute atomic E-state index is 13.5. The molecule has 2 N–H and O–H groups in total. The maximum atomic E-state index is 13.5. The van der Waals surface area contributed by atoms with E-state index in [0.29, 0.717) is 51.2 Å². The number of nitrogens with zero attached hydrogens (tertiary/aromatic N) is 1. The average molecular weight is 544 g/mol. The zero-order valence-electron chi connectivity index (χ0n) is 18.4. The number of hydrogen-bond acceptors (Lipinski definition) is 3. The summed E-state index contributed by atoms with van der Waals surface area (Å²) in [5.41, 5.74) is -2.21. The highest BCUT2D eigenvalue weighted by Crippen LogP contribution is 2.42. The Labute approximate surface area is 211 Å². The maximum Gasteiger partial charge on any atom is 0.416 e. The molecule has 0 radical (unpaired) electrons. The summed E-state index contributed by atoms with van der Waals surface area (Å²) in [5, 5.41) is 5.87. The van der Waals surface area contributed by atoms with Gasteiger partial charge in [-0.15, -0.1) is 24.8 Å². The molecule has 1 heterocycles. The van der Waals surface area contributed by atoms with Crippen molar-refractivity contribution in [3.63, 3.8) is 0 Å². The van der Waals surface area contributed by atoms with E-state index in [1.165, 1.54) is 0 Å². The number of nitrogens with one attached hydrogen (secondary N) is 2. The van der Waals surface area contributed by atoms with Crippen LogP contribution in [0.3, 0.4) is 0 Å². The van der Waals surface area contributed by atoms with E-state index < -0.39 is 41.5 Å². The molecule has 12 heteroatoms. The van der Waals surface area contributed by atoms with Crippen LogP contribution in [0.15, 0.2) is 42.5 Å². The van der Waals surface area contributed by atoms with Gasteiger partial charge in [0.05, 0.1) is 11.1 Å². The van der Waals surface area contributed by atoms with E-state index >= 15 is 0 Å². The molecule has 1 aliphatic heterocycles. The van der Waals surface area contributed by atoms with Gasteiger partial charge < -0.3 is 10.6 Å². The first kappa shape index (κ1) is 29.2. The summed E-state index contributed by atoms with van der Waals surface area (Å²) < 4.78 is 79.1. The highest BCUT2D eigenvalue weighted by Gasteiger charge is 2.49. The fourth-order valence-corrected chi connectivity index (χ4v) is 4.80. The topological polar surface area (TPSA) is 44.4 Å². The third-order valence-corrected chi connectivity index (χ3v) is 6.35. The molecule has 2 aromatic carbocycles. The van der Waals surface area contributed by atoms with Crippen molar-refractivity contribution in [3.8, 4) is 0 Å². The summed E-state index contributed by atoms with van der Waals surface area (Å²) in [4.78, 5) is 15.6. The fraction of sp³-hybridized carbons (Fsp3) is 0.435. The number of carbonyl (C=O) groups excluding carboxylic acids is 1. The molecule has 1 atom stereocenters. The molecule has 1 fully saturated rings. The van der Waals surface area contributed by atoms with E-state index in [1.807, 2.05) is 24.3 Å². The molecular formula is C23H25Cl2F6N3O. The van der Waals surface area contributed by atoms with Crippen LogP contribution in [0.4, 0.5) is 26.3 Å². The van der Waals surface area contributed by atoms with Gasteiger partial charge in [-0.25, -0.2) is 0 Å². The highest BCUT2D eigenvalue weighted by molar-refractivity contribution is 5.89. The number of carbonyl (C=O) groups is 1. The van der Waals surface area contributed by atoms with E-state index in [1.54, 1.807) is 0 Å². The number of alkyl halides is 6. The van der Waals surface area contributed by atoms with Gasteiger partial charge >= 0.3 is 12.4 Å². The van der Waals surface area contributed by atoms with Gasteiger partial charge in [0.2, 0.25) is 5.91 Å². The molecule has 1 aliphatic carbocycles. The standard InChI is InChI=1S/C23H23F6N3O.2ClH/c24-22(25,26)17-11-15(12-18(13-17)23(27,28)29)14-31-20(33)21(32-9-7-30-8-10-32)6-5-16-3-1-2-4-19(16)21;;/h1-4,11-13,30H,5-10,14H2,(H,31,33);2*1H. The average Bonchev–Trinajstić information content (AvgIpc) is 3.17. The van der Waals surface area contributed by atoms with Gasteiger partial charge in [-0.1, -0.05) is 24.3 Å². The van der Waals surface area contributed by atoms with Gasteiger partial charge in [0.1, 0.15) is 5.54 Å². The van der Waals surface area contributed by atoms with E-state index in [9.17, 15) is 31.1 Å². The zero-order chi connectivity index (χ0) is 23.9. The lowest BCUT2D eigenvalue weighted by atomic mass is 9.87. The van der Waals surface area contributed by atoms with Gasteiger partial charge in [0.15, 0.2) is 0 Å². The number of amides is 1. The number of halogens is 8. The van der Waals surface area contributed by atoms with Crippen molar-refractivity contribution in [1.82, 2.24) is 15.5 Å². The minimum Gasteiger partial charge on any atom is -0.350 e. The number of benzene rings is 2. The Morgan fingerprint density at radius 1 is 0.943 bits per heavy atom. The van der Waals surface area contributed by atoms with Crippen LogP contribution in [0, 0.1) is 0 Å². The first-order valence-corrected chi connectivity index (χ1v) is 10.6. The van der Waals surface area contributed by atoms with Gasteiger partial charge in [-0.3, -0.25) is 9.69 Å². The molecule has 0 spiro atoms. The molecule has 4 nitrogen and oxygen atoms in total. The molecule has 35 heavy (non-hydrogen) atoms. The normalized spacial score (nSPS) is 20.4. The van der Waals surface area contributed by atoms with E-state index in [-0.39, 0.29) is 36.4 Å². The first-order chi connectivity index (χ1) is 15.5.